The van der Waals surface area contributed by atoms with Gasteiger partial charge in [-0.2, -0.15) is 0 Å². The standard InChI is InChI=1S/C18H22N2O2/c1-13(2)16-6-4-5-7-17(16)20-18(21)19-12-14-8-10-15(22-3)11-9-14/h4-11,13H,12H2,1-3H3,(H2,19,20,21). The molecule has 2 aromatic rings. The largest absolute Gasteiger partial charge is 0.497 e. The molecule has 22 heavy (non-hydrogen) atoms. The highest BCUT2D eigenvalue weighted by molar-refractivity contribution is 5.90. The summed E-state index contributed by atoms with van der Waals surface area (Å²) in [6, 6.07) is 15.3. The van der Waals surface area contributed by atoms with Crippen molar-refractivity contribution in [2.24, 2.45) is 0 Å². The van der Waals surface area contributed by atoms with E-state index in [1.165, 1.54) is 0 Å². The van der Waals surface area contributed by atoms with E-state index in [9.17, 15) is 4.79 Å². The highest BCUT2D eigenvalue weighted by Gasteiger charge is 2.08. The number of urea groups is 1. The number of carbonyl (C=O) groups excluding carboxylic acids is 1. The highest BCUT2D eigenvalue weighted by Crippen LogP contribution is 2.23. The van der Waals surface area contributed by atoms with Crippen LogP contribution in [0.1, 0.15) is 30.9 Å². The number of hydrogen-bond acceptors (Lipinski definition) is 2. The second-order valence-corrected chi connectivity index (χ2v) is 5.40. The van der Waals surface area contributed by atoms with Crippen molar-refractivity contribution in [1.29, 1.82) is 0 Å². The Kier molecular flexibility index (Phi) is 5.42. The molecule has 0 fully saturated rings. The summed E-state index contributed by atoms with van der Waals surface area (Å²) in [7, 11) is 1.63. The number of rotatable bonds is 5. The molecule has 0 heterocycles. The van der Waals surface area contributed by atoms with Gasteiger partial charge < -0.3 is 15.4 Å². The first-order chi connectivity index (χ1) is 10.6. The van der Waals surface area contributed by atoms with Crippen molar-refractivity contribution in [3.8, 4) is 5.75 Å². The number of para-hydroxylation sites is 1. The Morgan fingerprint density at radius 3 is 2.41 bits per heavy atom. The van der Waals surface area contributed by atoms with Gasteiger partial charge in [-0.15, -0.1) is 0 Å². The summed E-state index contributed by atoms with van der Waals surface area (Å²) in [5, 5.41) is 5.77. The van der Waals surface area contributed by atoms with Gasteiger partial charge in [0.2, 0.25) is 0 Å². The molecule has 4 nitrogen and oxygen atoms in total. The molecule has 2 rings (SSSR count). The van der Waals surface area contributed by atoms with Crippen LogP contribution in [0.25, 0.3) is 0 Å². The van der Waals surface area contributed by atoms with Crippen LogP contribution in [-0.4, -0.2) is 13.1 Å². The van der Waals surface area contributed by atoms with E-state index in [0.717, 1.165) is 22.6 Å². The molecule has 0 atom stereocenters. The first-order valence-corrected chi connectivity index (χ1v) is 7.37. The molecule has 2 amide bonds. The Bertz CT molecular complexity index is 621. The number of carbonyl (C=O) groups is 1. The van der Waals surface area contributed by atoms with Gasteiger partial charge in [-0.3, -0.25) is 0 Å². The van der Waals surface area contributed by atoms with Crippen molar-refractivity contribution in [3.05, 3.63) is 59.7 Å². The van der Waals surface area contributed by atoms with Crippen molar-refractivity contribution in [1.82, 2.24) is 5.32 Å². The van der Waals surface area contributed by atoms with Gasteiger partial charge in [-0.25, -0.2) is 4.79 Å². The van der Waals surface area contributed by atoms with Crippen LogP contribution in [0.3, 0.4) is 0 Å². The van der Waals surface area contributed by atoms with Gasteiger partial charge in [0.1, 0.15) is 5.75 Å². The molecule has 116 valence electrons. The van der Waals surface area contributed by atoms with Crippen molar-refractivity contribution in [2.45, 2.75) is 26.3 Å². The van der Waals surface area contributed by atoms with E-state index in [1.54, 1.807) is 7.11 Å². The maximum atomic E-state index is 12.0. The summed E-state index contributed by atoms with van der Waals surface area (Å²) in [5.41, 5.74) is 3.00. The van der Waals surface area contributed by atoms with Crippen LogP contribution in [0.4, 0.5) is 10.5 Å². The minimum Gasteiger partial charge on any atom is -0.497 e. The van der Waals surface area contributed by atoms with Gasteiger partial charge >= 0.3 is 6.03 Å². The first-order valence-electron chi connectivity index (χ1n) is 7.37. The van der Waals surface area contributed by atoms with Crippen LogP contribution in [0.5, 0.6) is 5.75 Å². The zero-order valence-electron chi connectivity index (χ0n) is 13.2. The van der Waals surface area contributed by atoms with Crippen LogP contribution in [0.2, 0.25) is 0 Å². The SMILES string of the molecule is COc1ccc(CNC(=O)Nc2ccccc2C(C)C)cc1. The van der Waals surface area contributed by atoms with Gasteiger partial charge in [0.05, 0.1) is 7.11 Å². The number of anilines is 1. The molecule has 0 radical (unpaired) electrons. The predicted molar refractivity (Wildman–Crippen MR) is 89.4 cm³/mol. The van der Waals surface area contributed by atoms with E-state index in [-0.39, 0.29) is 6.03 Å². The molecule has 2 aromatic carbocycles. The Hall–Kier alpha value is -2.49. The molecule has 0 aliphatic heterocycles. The number of methoxy groups -OCH3 is 1. The number of amides is 2. The van der Waals surface area contributed by atoms with Crippen molar-refractivity contribution < 1.29 is 9.53 Å². The second kappa shape index (κ2) is 7.50. The summed E-state index contributed by atoms with van der Waals surface area (Å²) in [5.74, 6) is 1.16. The molecule has 2 N–H and O–H groups in total. The number of nitrogens with one attached hydrogen (secondary N) is 2. The van der Waals surface area contributed by atoms with Gasteiger partial charge in [0.25, 0.3) is 0 Å². The van der Waals surface area contributed by atoms with E-state index < -0.39 is 0 Å². The molecular weight excluding hydrogens is 276 g/mol. The summed E-state index contributed by atoms with van der Waals surface area (Å²) < 4.78 is 5.11. The molecular formula is C18H22N2O2. The minimum atomic E-state index is -0.205. The maximum Gasteiger partial charge on any atom is 0.319 e. The fourth-order valence-electron chi connectivity index (χ4n) is 2.21. The summed E-state index contributed by atoms with van der Waals surface area (Å²) in [6.07, 6.45) is 0. The molecule has 0 aliphatic carbocycles. The third kappa shape index (κ3) is 4.25. The molecule has 0 aromatic heterocycles. The average molecular weight is 298 g/mol. The number of benzene rings is 2. The molecule has 0 aliphatic rings. The molecule has 0 bridgehead atoms. The Labute approximate surface area is 131 Å². The Morgan fingerprint density at radius 1 is 1.09 bits per heavy atom. The van der Waals surface area contributed by atoms with Crippen molar-refractivity contribution >= 4 is 11.7 Å². The van der Waals surface area contributed by atoms with Crippen LogP contribution >= 0.6 is 0 Å². The van der Waals surface area contributed by atoms with Gasteiger partial charge in [0.15, 0.2) is 0 Å². The van der Waals surface area contributed by atoms with Crippen molar-refractivity contribution in [2.75, 3.05) is 12.4 Å². The number of ether oxygens (including phenoxy) is 1. The third-order valence-electron chi connectivity index (χ3n) is 3.44. The fraction of sp³-hybridized carbons (Fsp3) is 0.278. The molecule has 0 saturated heterocycles. The zero-order chi connectivity index (χ0) is 15.9. The first kappa shape index (κ1) is 15.9. The van der Waals surface area contributed by atoms with Gasteiger partial charge in [-0.1, -0.05) is 44.2 Å². The van der Waals surface area contributed by atoms with Gasteiger partial charge in [-0.05, 0) is 35.2 Å². The van der Waals surface area contributed by atoms with E-state index in [0.29, 0.717) is 12.5 Å². The smallest absolute Gasteiger partial charge is 0.319 e. The van der Waals surface area contributed by atoms with E-state index >= 15 is 0 Å². The van der Waals surface area contributed by atoms with Gasteiger partial charge in [0, 0.05) is 12.2 Å². The van der Waals surface area contributed by atoms with Crippen LogP contribution in [0.15, 0.2) is 48.5 Å². The second-order valence-electron chi connectivity index (χ2n) is 5.40. The highest BCUT2D eigenvalue weighted by atomic mass is 16.5. The summed E-state index contributed by atoms with van der Waals surface area (Å²) in [4.78, 5) is 12.0. The summed E-state index contributed by atoms with van der Waals surface area (Å²) >= 11 is 0. The third-order valence-corrected chi connectivity index (χ3v) is 3.44. The number of hydrogen-bond donors (Lipinski definition) is 2. The zero-order valence-corrected chi connectivity index (χ0v) is 13.2. The Balaban J connectivity index is 1.93. The Morgan fingerprint density at radius 2 is 1.77 bits per heavy atom. The van der Waals surface area contributed by atoms with E-state index in [1.807, 2.05) is 48.5 Å². The molecule has 0 unspecified atom stereocenters. The quantitative estimate of drug-likeness (QED) is 0.871. The van der Waals surface area contributed by atoms with Crippen molar-refractivity contribution in [3.63, 3.8) is 0 Å². The van der Waals surface area contributed by atoms with Crippen LogP contribution in [-0.2, 0) is 6.54 Å². The lowest BCUT2D eigenvalue weighted by Crippen LogP contribution is -2.28. The fourth-order valence-corrected chi connectivity index (χ4v) is 2.21. The average Bonchev–Trinajstić information content (AvgIpc) is 2.53. The topological polar surface area (TPSA) is 50.4 Å². The molecule has 4 heteroatoms. The molecule has 0 spiro atoms. The monoisotopic (exact) mass is 298 g/mol. The lowest BCUT2D eigenvalue weighted by Gasteiger charge is -2.14. The van der Waals surface area contributed by atoms with Crippen LogP contribution in [0, 0.1) is 0 Å². The minimum absolute atomic E-state index is 0.205. The van der Waals surface area contributed by atoms with Crippen LogP contribution < -0.4 is 15.4 Å². The maximum absolute atomic E-state index is 12.0. The lowest BCUT2D eigenvalue weighted by atomic mass is 10.0. The van der Waals surface area contributed by atoms with E-state index in [2.05, 4.69) is 24.5 Å². The molecule has 0 saturated carbocycles. The normalized spacial score (nSPS) is 10.4. The predicted octanol–water partition coefficient (Wildman–Crippen LogP) is 4.14. The van der Waals surface area contributed by atoms with E-state index in [4.69, 9.17) is 4.74 Å². The lowest BCUT2D eigenvalue weighted by molar-refractivity contribution is 0.251. The summed E-state index contributed by atoms with van der Waals surface area (Å²) in [6.45, 7) is 4.69.